The fraction of sp³-hybridized carbons (Fsp3) is 0.0556. The molecule has 7 aromatic rings. The van der Waals surface area contributed by atoms with Gasteiger partial charge in [0.2, 0.25) is 0 Å². The standard InChI is InChI=1S/C36H24O/c1-2-11-24-22-25(21-20-23(24)10-1)34-27-13-3-5-15-29(27)35(30-16-6-4-14-28(30)34)32-18-9-17-31-26-12-7-8-19-33(26)37-36(31)32/h1-6,8-11,13-22H,7,12H2. The summed E-state index contributed by atoms with van der Waals surface area (Å²) in [6.45, 7) is 0. The number of benzene rings is 6. The molecule has 1 heteroatoms. The van der Waals surface area contributed by atoms with Crippen LogP contribution in [-0.4, -0.2) is 0 Å². The zero-order valence-corrected chi connectivity index (χ0v) is 20.4. The Morgan fingerprint density at radius 1 is 0.541 bits per heavy atom. The van der Waals surface area contributed by atoms with Crippen LogP contribution in [0.25, 0.3) is 71.6 Å². The molecule has 0 atom stereocenters. The Balaban J connectivity index is 1.51. The molecule has 0 fully saturated rings. The number of hydrogen-bond acceptors (Lipinski definition) is 1. The lowest BCUT2D eigenvalue weighted by molar-refractivity contribution is 0.596. The van der Waals surface area contributed by atoms with E-state index in [1.54, 1.807) is 0 Å². The predicted molar refractivity (Wildman–Crippen MR) is 157 cm³/mol. The molecule has 1 aliphatic carbocycles. The first-order valence-electron chi connectivity index (χ1n) is 13.0. The molecule has 0 unspecified atom stereocenters. The van der Waals surface area contributed by atoms with E-state index in [1.165, 1.54) is 60.0 Å². The van der Waals surface area contributed by atoms with Crippen LogP contribution in [0, 0.1) is 0 Å². The van der Waals surface area contributed by atoms with Crippen molar-refractivity contribution in [3.05, 3.63) is 127 Å². The van der Waals surface area contributed by atoms with Gasteiger partial charge in [-0.25, -0.2) is 0 Å². The van der Waals surface area contributed by atoms with E-state index in [0.717, 1.165) is 29.7 Å². The number of para-hydroxylation sites is 1. The van der Waals surface area contributed by atoms with Crippen LogP contribution in [0.1, 0.15) is 17.7 Å². The lowest BCUT2D eigenvalue weighted by Gasteiger charge is -2.18. The summed E-state index contributed by atoms with van der Waals surface area (Å²) in [5.74, 6) is 1.01. The lowest BCUT2D eigenvalue weighted by atomic mass is 9.85. The zero-order valence-electron chi connectivity index (χ0n) is 20.4. The quantitative estimate of drug-likeness (QED) is 0.228. The van der Waals surface area contributed by atoms with E-state index >= 15 is 0 Å². The first-order chi connectivity index (χ1) is 18.4. The van der Waals surface area contributed by atoms with E-state index in [2.05, 4.69) is 121 Å². The van der Waals surface area contributed by atoms with Gasteiger partial charge in [-0.1, -0.05) is 109 Å². The van der Waals surface area contributed by atoms with Gasteiger partial charge in [0.25, 0.3) is 0 Å². The Bertz CT molecular complexity index is 1980. The van der Waals surface area contributed by atoms with Crippen molar-refractivity contribution >= 4 is 49.4 Å². The predicted octanol–water partition coefficient (Wildman–Crippen LogP) is 10.2. The number of hydrogen-bond donors (Lipinski definition) is 0. The number of furan rings is 1. The van der Waals surface area contributed by atoms with Crippen molar-refractivity contribution in [2.75, 3.05) is 0 Å². The Labute approximate surface area is 215 Å². The van der Waals surface area contributed by atoms with Crippen molar-refractivity contribution in [1.82, 2.24) is 0 Å². The van der Waals surface area contributed by atoms with E-state index < -0.39 is 0 Å². The summed E-state index contributed by atoms with van der Waals surface area (Å²) in [5, 5.41) is 8.79. The third-order valence-electron chi connectivity index (χ3n) is 7.92. The van der Waals surface area contributed by atoms with Crippen molar-refractivity contribution in [3.63, 3.8) is 0 Å². The molecule has 0 saturated carbocycles. The fourth-order valence-electron chi connectivity index (χ4n) is 6.27. The number of fused-ring (bicyclic) bond motifs is 6. The Kier molecular flexibility index (Phi) is 4.41. The maximum Gasteiger partial charge on any atom is 0.142 e. The van der Waals surface area contributed by atoms with Gasteiger partial charge in [-0.3, -0.25) is 0 Å². The molecule has 1 aromatic heterocycles. The smallest absolute Gasteiger partial charge is 0.142 e. The number of aryl methyl sites for hydroxylation is 1. The van der Waals surface area contributed by atoms with Gasteiger partial charge in [-0.2, -0.15) is 0 Å². The topological polar surface area (TPSA) is 13.1 Å². The average molecular weight is 473 g/mol. The highest BCUT2D eigenvalue weighted by molar-refractivity contribution is 6.23. The summed E-state index contributed by atoms with van der Waals surface area (Å²) < 4.78 is 6.55. The maximum absolute atomic E-state index is 6.55. The minimum absolute atomic E-state index is 0.993. The van der Waals surface area contributed by atoms with Crippen molar-refractivity contribution in [3.8, 4) is 22.3 Å². The highest BCUT2D eigenvalue weighted by Gasteiger charge is 2.21. The van der Waals surface area contributed by atoms with Crippen LogP contribution in [0.15, 0.2) is 120 Å². The first kappa shape index (κ1) is 20.6. The zero-order chi connectivity index (χ0) is 24.3. The van der Waals surface area contributed by atoms with Crippen LogP contribution in [0.4, 0.5) is 0 Å². The molecule has 6 aromatic carbocycles. The van der Waals surface area contributed by atoms with Crippen LogP contribution in [0.3, 0.4) is 0 Å². The van der Waals surface area contributed by atoms with Crippen molar-refractivity contribution in [1.29, 1.82) is 0 Å². The molecule has 1 nitrogen and oxygen atoms in total. The summed E-state index contributed by atoms with van der Waals surface area (Å²) in [4.78, 5) is 0. The third kappa shape index (κ3) is 3.04. The van der Waals surface area contributed by atoms with Gasteiger partial charge in [0.1, 0.15) is 11.3 Å². The molecule has 0 bridgehead atoms. The molecule has 1 heterocycles. The normalized spacial score (nSPS) is 13.1. The molecule has 1 aliphatic rings. The monoisotopic (exact) mass is 472 g/mol. The summed E-state index contributed by atoms with van der Waals surface area (Å²) in [6.07, 6.45) is 6.46. The van der Waals surface area contributed by atoms with E-state index in [9.17, 15) is 0 Å². The second-order valence-corrected chi connectivity index (χ2v) is 9.97. The molecule has 37 heavy (non-hydrogen) atoms. The van der Waals surface area contributed by atoms with Gasteiger partial charge in [0.15, 0.2) is 0 Å². The van der Waals surface area contributed by atoms with Gasteiger partial charge >= 0.3 is 0 Å². The number of allylic oxidation sites excluding steroid dienone is 1. The van der Waals surface area contributed by atoms with Crippen LogP contribution >= 0.6 is 0 Å². The largest absolute Gasteiger partial charge is 0.456 e. The molecule has 0 saturated heterocycles. The molecule has 0 radical (unpaired) electrons. The van der Waals surface area contributed by atoms with Crippen LogP contribution in [0.2, 0.25) is 0 Å². The Morgan fingerprint density at radius 3 is 1.95 bits per heavy atom. The minimum Gasteiger partial charge on any atom is -0.456 e. The van der Waals surface area contributed by atoms with Gasteiger partial charge in [0, 0.05) is 22.1 Å². The SMILES string of the molecule is C1=Cc2oc3c(-c4c5ccccc5c(-c5ccc6ccccc6c5)c5ccccc45)cccc3c2CC1. The Morgan fingerprint density at radius 2 is 1.19 bits per heavy atom. The van der Waals surface area contributed by atoms with Crippen molar-refractivity contribution < 1.29 is 4.42 Å². The van der Waals surface area contributed by atoms with Gasteiger partial charge < -0.3 is 4.42 Å². The van der Waals surface area contributed by atoms with E-state index in [4.69, 9.17) is 4.42 Å². The second kappa shape index (κ2) is 7.94. The summed E-state index contributed by atoms with van der Waals surface area (Å²) >= 11 is 0. The minimum atomic E-state index is 0.993. The number of rotatable bonds is 2. The lowest BCUT2D eigenvalue weighted by Crippen LogP contribution is -1.91. The Hall–Kier alpha value is -4.62. The first-order valence-corrected chi connectivity index (χ1v) is 13.0. The third-order valence-corrected chi connectivity index (χ3v) is 7.92. The summed E-state index contributed by atoms with van der Waals surface area (Å²) in [6, 6.07) is 39.8. The van der Waals surface area contributed by atoms with Crippen molar-refractivity contribution in [2.24, 2.45) is 0 Å². The summed E-state index contributed by atoms with van der Waals surface area (Å²) in [7, 11) is 0. The van der Waals surface area contributed by atoms with E-state index in [0.29, 0.717) is 0 Å². The van der Waals surface area contributed by atoms with Gasteiger partial charge in [-0.15, -0.1) is 0 Å². The fourth-order valence-corrected chi connectivity index (χ4v) is 6.27. The molecular weight excluding hydrogens is 448 g/mol. The van der Waals surface area contributed by atoms with E-state index in [-0.39, 0.29) is 0 Å². The van der Waals surface area contributed by atoms with E-state index in [1.807, 2.05) is 0 Å². The van der Waals surface area contributed by atoms with Crippen LogP contribution < -0.4 is 0 Å². The maximum atomic E-state index is 6.55. The molecular formula is C36H24O. The molecule has 174 valence electrons. The molecule has 0 N–H and O–H groups in total. The molecule has 0 aliphatic heterocycles. The highest BCUT2D eigenvalue weighted by Crippen LogP contribution is 2.46. The van der Waals surface area contributed by atoms with Crippen molar-refractivity contribution in [2.45, 2.75) is 12.8 Å². The summed E-state index contributed by atoms with van der Waals surface area (Å²) in [5.41, 5.74) is 7.27. The highest BCUT2D eigenvalue weighted by atomic mass is 16.3. The molecule has 0 spiro atoms. The second-order valence-electron chi connectivity index (χ2n) is 9.97. The van der Waals surface area contributed by atoms with Crippen LogP contribution in [-0.2, 0) is 6.42 Å². The average Bonchev–Trinajstić information content (AvgIpc) is 3.35. The van der Waals surface area contributed by atoms with Gasteiger partial charge in [-0.05, 0) is 68.4 Å². The van der Waals surface area contributed by atoms with Crippen LogP contribution in [0.5, 0.6) is 0 Å². The molecule has 0 amide bonds. The van der Waals surface area contributed by atoms with Gasteiger partial charge in [0.05, 0.1) is 0 Å². The molecule has 8 rings (SSSR count).